The van der Waals surface area contributed by atoms with Crippen molar-refractivity contribution in [2.45, 2.75) is 18.2 Å². The number of nitrogens with one attached hydrogen (secondary N) is 1. The molecule has 1 aromatic carbocycles. The van der Waals surface area contributed by atoms with E-state index in [1.165, 1.54) is 24.5 Å². The fourth-order valence-electron chi connectivity index (χ4n) is 1.95. The van der Waals surface area contributed by atoms with E-state index in [0.717, 1.165) is 0 Å². The summed E-state index contributed by atoms with van der Waals surface area (Å²) in [4.78, 5) is 10.8. The van der Waals surface area contributed by atoms with Gasteiger partial charge in [-0.15, -0.1) is 0 Å². The van der Waals surface area contributed by atoms with Crippen LogP contribution in [0.2, 0.25) is 0 Å². The molecule has 0 spiro atoms. The minimum Gasteiger partial charge on any atom is -0.484 e. The van der Waals surface area contributed by atoms with Crippen molar-refractivity contribution in [3.05, 3.63) is 47.9 Å². The first kappa shape index (κ1) is 17.0. The van der Waals surface area contributed by atoms with Crippen LogP contribution in [0.3, 0.4) is 0 Å². The van der Waals surface area contributed by atoms with E-state index in [-0.39, 0.29) is 18.0 Å². The molecule has 0 saturated carbocycles. The second-order valence-electron chi connectivity index (χ2n) is 4.91. The van der Waals surface area contributed by atoms with Crippen molar-refractivity contribution in [1.29, 1.82) is 0 Å². The number of hydrogen-bond acceptors (Lipinski definition) is 5. The Morgan fingerprint density at radius 2 is 2.13 bits per heavy atom. The summed E-state index contributed by atoms with van der Waals surface area (Å²) in [5.74, 6) is 0.526. The predicted molar refractivity (Wildman–Crippen MR) is 83.5 cm³/mol. The summed E-state index contributed by atoms with van der Waals surface area (Å²) in [5.41, 5.74) is 5.60. The van der Waals surface area contributed by atoms with Gasteiger partial charge in [-0.2, -0.15) is 0 Å². The quantitative estimate of drug-likeness (QED) is 0.745. The van der Waals surface area contributed by atoms with Gasteiger partial charge in [0.1, 0.15) is 11.5 Å². The number of hydrogen-bond donors (Lipinski definition) is 2. The van der Waals surface area contributed by atoms with Crippen molar-refractivity contribution in [3.8, 4) is 5.75 Å². The average molecular weight is 338 g/mol. The number of sulfonamides is 1. The van der Waals surface area contributed by atoms with E-state index < -0.39 is 15.9 Å². The van der Waals surface area contributed by atoms with Gasteiger partial charge in [-0.25, -0.2) is 13.1 Å². The second-order valence-corrected chi connectivity index (χ2v) is 6.68. The fourth-order valence-corrected chi connectivity index (χ4v) is 3.06. The lowest BCUT2D eigenvalue weighted by Gasteiger charge is -2.10. The number of rotatable bonds is 8. The standard InChI is InChI=1S/C15H18N2O5S/c1-11-9-13(4-5-14(11)22-10-15(16)18)23(19,20)17-7-6-12-3-2-8-21-12/h2-5,8-9,17H,6-7,10H2,1H3,(H2,16,18). The summed E-state index contributed by atoms with van der Waals surface area (Å²) < 4.78 is 37.3. The summed E-state index contributed by atoms with van der Waals surface area (Å²) in [7, 11) is -3.62. The first-order valence-electron chi connectivity index (χ1n) is 6.92. The van der Waals surface area contributed by atoms with Gasteiger partial charge in [-0.3, -0.25) is 4.79 Å². The first-order chi connectivity index (χ1) is 10.9. The lowest BCUT2D eigenvalue weighted by atomic mass is 10.2. The molecule has 0 radical (unpaired) electrons. The van der Waals surface area contributed by atoms with Gasteiger partial charge in [-0.05, 0) is 42.8 Å². The smallest absolute Gasteiger partial charge is 0.255 e. The monoisotopic (exact) mass is 338 g/mol. The molecular weight excluding hydrogens is 320 g/mol. The number of carbonyl (C=O) groups is 1. The molecule has 7 nitrogen and oxygen atoms in total. The molecule has 124 valence electrons. The van der Waals surface area contributed by atoms with Gasteiger partial charge < -0.3 is 14.9 Å². The van der Waals surface area contributed by atoms with Crippen molar-refractivity contribution in [1.82, 2.24) is 4.72 Å². The molecule has 0 aliphatic carbocycles. The third-order valence-electron chi connectivity index (χ3n) is 3.07. The highest BCUT2D eigenvalue weighted by molar-refractivity contribution is 7.89. The van der Waals surface area contributed by atoms with Crippen LogP contribution in [0, 0.1) is 6.92 Å². The molecule has 8 heteroatoms. The molecular formula is C15H18N2O5S. The van der Waals surface area contributed by atoms with Crippen molar-refractivity contribution >= 4 is 15.9 Å². The maximum Gasteiger partial charge on any atom is 0.255 e. The van der Waals surface area contributed by atoms with Crippen LogP contribution in [-0.4, -0.2) is 27.5 Å². The third kappa shape index (κ3) is 4.83. The Bertz CT molecular complexity index is 769. The molecule has 1 aromatic heterocycles. The molecule has 23 heavy (non-hydrogen) atoms. The summed E-state index contributed by atoms with van der Waals surface area (Å²) in [6.07, 6.45) is 2.00. The molecule has 0 unspecified atom stereocenters. The number of furan rings is 1. The predicted octanol–water partition coefficient (Wildman–Crippen LogP) is 0.973. The molecule has 1 heterocycles. The Hall–Kier alpha value is -2.32. The van der Waals surface area contributed by atoms with Gasteiger partial charge in [-0.1, -0.05) is 0 Å². The number of amides is 1. The van der Waals surface area contributed by atoms with Crippen LogP contribution in [-0.2, 0) is 21.2 Å². The zero-order chi connectivity index (χ0) is 16.9. The highest BCUT2D eigenvalue weighted by Gasteiger charge is 2.15. The first-order valence-corrected chi connectivity index (χ1v) is 8.40. The Labute approximate surface area is 134 Å². The number of benzene rings is 1. The van der Waals surface area contributed by atoms with E-state index in [0.29, 0.717) is 23.5 Å². The number of carbonyl (C=O) groups excluding carboxylic acids is 1. The zero-order valence-electron chi connectivity index (χ0n) is 12.6. The molecule has 0 atom stereocenters. The molecule has 0 aliphatic heterocycles. The van der Waals surface area contributed by atoms with Crippen LogP contribution in [0.1, 0.15) is 11.3 Å². The van der Waals surface area contributed by atoms with Crippen molar-refractivity contribution < 1.29 is 22.4 Å². The lowest BCUT2D eigenvalue weighted by Crippen LogP contribution is -2.26. The molecule has 0 aliphatic rings. The molecule has 0 fully saturated rings. The van der Waals surface area contributed by atoms with Crippen molar-refractivity contribution in [3.63, 3.8) is 0 Å². The van der Waals surface area contributed by atoms with Crippen LogP contribution in [0.15, 0.2) is 45.9 Å². The number of nitrogens with two attached hydrogens (primary N) is 1. The third-order valence-corrected chi connectivity index (χ3v) is 4.53. The lowest BCUT2D eigenvalue weighted by molar-refractivity contribution is -0.119. The van der Waals surface area contributed by atoms with E-state index in [2.05, 4.69) is 4.72 Å². The SMILES string of the molecule is Cc1cc(S(=O)(=O)NCCc2ccco2)ccc1OCC(N)=O. The van der Waals surface area contributed by atoms with Gasteiger partial charge >= 0.3 is 0 Å². The van der Waals surface area contributed by atoms with Gasteiger partial charge in [0.15, 0.2) is 6.61 Å². The van der Waals surface area contributed by atoms with E-state index in [1.807, 2.05) is 0 Å². The summed E-state index contributed by atoms with van der Waals surface area (Å²) >= 11 is 0. The summed E-state index contributed by atoms with van der Waals surface area (Å²) in [5, 5.41) is 0. The number of primary amides is 1. The molecule has 0 bridgehead atoms. The van der Waals surface area contributed by atoms with E-state index in [4.69, 9.17) is 14.9 Å². The maximum absolute atomic E-state index is 12.2. The van der Waals surface area contributed by atoms with Crippen molar-refractivity contribution in [2.75, 3.05) is 13.2 Å². The Morgan fingerprint density at radius 1 is 1.35 bits per heavy atom. The molecule has 0 saturated heterocycles. The zero-order valence-corrected chi connectivity index (χ0v) is 13.4. The fraction of sp³-hybridized carbons (Fsp3) is 0.267. The van der Waals surface area contributed by atoms with E-state index in [1.54, 1.807) is 19.1 Å². The molecule has 1 amide bonds. The van der Waals surface area contributed by atoms with Crippen LogP contribution in [0.5, 0.6) is 5.75 Å². The minimum atomic E-state index is -3.62. The number of ether oxygens (including phenoxy) is 1. The van der Waals surface area contributed by atoms with Crippen LogP contribution >= 0.6 is 0 Å². The van der Waals surface area contributed by atoms with Crippen LogP contribution in [0.4, 0.5) is 0 Å². The highest BCUT2D eigenvalue weighted by atomic mass is 32.2. The van der Waals surface area contributed by atoms with Crippen LogP contribution < -0.4 is 15.2 Å². The average Bonchev–Trinajstić information content (AvgIpc) is 2.98. The Morgan fingerprint density at radius 3 is 2.74 bits per heavy atom. The van der Waals surface area contributed by atoms with Gasteiger partial charge in [0.25, 0.3) is 5.91 Å². The topological polar surface area (TPSA) is 112 Å². The van der Waals surface area contributed by atoms with Crippen LogP contribution in [0.25, 0.3) is 0 Å². The normalized spacial score (nSPS) is 11.3. The Balaban J connectivity index is 2.01. The molecule has 2 aromatic rings. The molecule has 2 rings (SSSR count). The second kappa shape index (κ2) is 7.30. The maximum atomic E-state index is 12.2. The van der Waals surface area contributed by atoms with Crippen molar-refractivity contribution in [2.24, 2.45) is 5.73 Å². The Kier molecular flexibility index (Phi) is 5.41. The van der Waals surface area contributed by atoms with E-state index >= 15 is 0 Å². The minimum absolute atomic E-state index is 0.126. The van der Waals surface area contributed by atoms with Gasteiger partial charge in [0, 0.05) is 13.0 Å². The highest BCUT2D eigenvalue weighted by Crippen LogP contribution is 2.21. The molecule has 3 N–H and O–H groups in total. The van der Waals surface area contributed by atoms with E-state index in [9.17, 15) is 13.2 Å². The van der Waals surface area contributed by atoms with Gasteiger partial charge in [0.05, 0.1) is 11.2 Å². The summed E-state index contributed by atoms with van der Waals surface area (Å²) in [6, 6.07) is 7.92. The largest absolute Gasteiger partial charge is 0.484 e. The number of aryl methyl sites for hydroxylation is 1. The summed E-state index contributed by atoms with van der Waals surface area (Å²) in [6.45, 7) is 1.67. The van der Waals surface area contributed by atoms with Gasteiger partial charge in [0.2, 0.25) is 10.0 Å².